The summed E-state index contributed by atoms with van der Waals surface area (Å²) in [4.78, 5) is 14.2. The Balaban J connectivity index is 2.11. The summed E-state index contributed by atoms with van der Waals surface area (Å²) in [5.74, 6) is 0.0323. The lowest BCUT2D eigenvalue weighted by molar-refractivity contribution is -0.386. The lowest BCUT2D eigenvalue weighted by Crippen LogP contribution is -2.31. The maximum Gasteiger partial charge on any atom is 0.332 e. The second-order valence-corrected chi connectivity index (χ2v) is 4.83. The van der Waals surface area contributed by atoms with E-state index in [4.69, 9.17) is 22.1 Å². The first kappa shape index (κ1) is 13.0. The summed E-state index contributed by atoms with van der Waals surface area (Å²) in [6, 6.07) is 1.45. The van der Waals surface area contributed by atoms with Gasteiger partial charge in [-0.1, -0.05) is 11.6 Å². The fourth-order valence-corrected chi connectivity index (χ4v) is 2.15. The summed E-state index contributed by atoms with van der Waals surface area (Å²) in [5.41, 5.74) is 5.59. The maximum atomic E-state index is 10.9. The number of hydrogen-bond acceptors (Lipinski definition) is 5. The summed E-state index contributed by atoms with van der Waals surface area (Å²) in [6.45, 7) is 0. The Labute approximate surface area is 109 Å². The van der Waals surface area contributed by atoms with E-state index < -0.39 is 4.92 Å². The molecule has 0 aliphatic heterocycles. The van der Waals surface area contributed by atoms with Gasteiger partial charge in [-0.05, 0) is 25.7 Å². The number of nitrogens with two attached hydrogens (primary N) is 1. The van der Waals surface area contributed by atoms with E-state index in [1.807, 2.05) is 0 Å². The Bertz CT molecular complexity index is 447. The van der Waals surface area contributed by atoms with Gasteiger partial charge in [0.05, 0.1) is 16.1 Å². The lowest BCUT2D eigenvalue weighted by atomic mass is 9.94. The third kappa shape index (κ3) is 3.08. The normalized spacial score (nSPS) is 23.7. The zero-order valence-corrected chi connectivity index (χ0v) is 10.5. The monoisotopic (exact) mass is 271 g/mol. The van der Waals surface area contributed by atoms with Gasteiger partial charge in [0.2, 0.25) is 0 Å². The van der Waals surface area contributed by atoms with Gasteiger partial charge in [-0.3, -0.25) is 10.1 Å². The Morgan fingerprint density at radius 2 is 2.11 bits per heavy atom. The van der Waals surface area contributed by atoms with Crippen LogP contribution in [0.4, 0.5) is 5.69 Å². The average molecular weight is 272 g/mol. The number of nitrogens with zero attached hydrogens (tertiary/aromatic N) is 2. The van der Waals surface area contributed by atoms with Crippen molar-refractivity contribution in [3.05, 3.63) is 27.4 Å². The number of hydrogen-bond donors (Lipinski definition) is 1. The molecule has 0 amide bonds. The van der Waals surface area contributed by atoms with Crippen LogP contribution in [-0.2, 0) is 0 Å². The van der Waals surface area contributed by atoms with E-state index >= 15 is 0 Å². The molecule has 2 rings (SSSR count). The summed E-state index contributed by atoms with van der Waals surface area (Å²) < 4.78 is 5.58. The van der Waals surface area contributed by atoms with Crippen LogP contribution < -0.4 is 10.5 Å². The molecule has 0 radical (unpaired) electrons. The third-order valence-electron chi connectivity index (χ3n) is 2.99. The Hall–Kier alpha value is -1.40. The molecule has 1 aromatic heterocycles. The molecule has 7 heteroatoms. The largest absolute Gasteiger partial charge is 0.469 e. The molecule has 0 spiro atoms. The van der Waals surface area contributed by atoms with Crippen LogP contribution in [-0.4, -0.2) is 22.1 Å². The molecule has 1 fully saturated rings. The highest BCUT2D eigenvalue weighted by Crippen LogP contribution is 2.30. The van der Waals surface area contributed by atoms with Gasteiger partial charge >= 0.3 is 5.69 Å². The van der Waals surface area contributed by atoms with E-state index in [2.05, 4.69) is 4.98 Å². The van der Waals surface area contributed by atoms with Crippen molar-refractivity contribution in [1.82, 2.24) is 4.98 Å². The first-order chi connectivity index (χ1) is 8.56. The zero-order chi connectivity index (χ0) is 13.1. The van der Waals surface area contributed by atoms with Gasteiger partial charge in [-0.15, -0.1) is 0 Å². The van der Waals surface area contributed by atoms with Gasteiger partial charge in [0, 0.05) is 12.1 Å². The van der Waals surface area contributed by atoms with E-state index in [0.29, 0.717) is 0 Å². The predicted octanol–water partition coefficient (Wildman–Crippen LogP) is 2.29. The molecule has 0 unspecified atom stereocenters. The van der Waals surface area contributed by atoms with Gasteiger partial charge in [-0.2, -0.15) is 0 Å². The minimum Gasteiger partial charge on any atom is -0.469 e. The van der Waals surface area contributed by atoms with Gasteiger partial charge in [0.1, 0.15) is 6.10 Å². The minimum absolute atomic E-state index is 0.0323. The van der Waals surface area contributed by atoms with E-state index in [-0.39, 0.29) is 28.7 Å². The van der Waals surface area contributed by atoms with Crippen LogP contribution in [0.25, 0.3) is 0 Å². The first-order valence-corrected chi connectivity index (χ1v) is 6.16. The second-order valence-electron chi connectivity index (χ2n) is 4.39. The molecule has 1 aliphatic rings. The van der Waals surface area contributed by atoms with Crippen molar-refractivity contribution < 1.29 is 9.66 Å². The molecule has 1 aromatic rings. The molecule has 0 saturated heterocycles. The van der Waals surface area contributed by atoms with Crippen molar-refractivity contribution in [2.45, 2.75) is 37.8 Å². The first-order valence-electron chi connectivity index (χ1n) is 5.78. The van der Waals surface area contributed by atoms with Crippen LogP contribution in [0.1, 0.15) is 25.7 Å². The van der Waals surface area contributed by atoms with Crippen LogP contribution in [0.15, 0.2) is 12.3 Å². The summed E-state index contributed by atoms with van der Waals surface area (Å²) in [5, 5.41) is 11.1. The van der Waals surface area contributed by atoms with Crippen molar-refractivity contribution in [1.29, 1.82) is 0 Å². The number of ether oxygens (including phenoxy) is 1. The quantitative estimate of drug-likeness (QED) is 0.673. The highest BCUT2D eigenvalue weighted by atomic mass is 35.5. The van der Waals surface area contributed by atoms with Gasteiger partial charge in [0.15, 0.2) is 0 Å². The highest BCUT2D eigenvalue weighted by molar-refractivity contribution is 6.30. The molecule has 6 nitrogen and oxygen atoms in total. The van der Waals surface area contributed by atoms with E-state index in [0.717, 1.165) is 25.7 Å². The van der Waals surface area contributed by atoms with Crippen LogP contribution in [0, 0.1) is 10.1 Å². The van der Waals surface area contributed by atoms with Crippen LogP contribution in [0.5, 0.6) is 5.88 Å². The summed E-state index contributed by atoms with van der Waals surface area (Å²) >= 11 is 5.68. The van der Waals surface area contributed by atoms with E-state index in [9.17, 15) is 10.1 Å². The van der Waals surface area contributed by atoms with Crippen molar-refractivity contribution in [3.8, 4) is 5.88 Å². The molecule has 1 aliphatic carbocycles. The van der Waals surface area contributed by atoms with Crippen LogP contribution >= 0.6 is 11.6 Å². The lowest BCUT2D eigenvalue weighted by Gasteiger charge is -2.26. The molecule has 18 heavy (non-hydrogen) atoms. The number of pyridine rings is 1. The average Bonchev–Trinajstić information content (AvgIpc) is 2.34. The Morgan fingerprint density at radius 3 is 2.72 bits per heavy atom. The molecule has 98 valence electrons. The standard InChI is InChI=1S/C11H14ClN3O3/c12-7-5-10(15(16)17)11(14-6-7)18-9-3-1-8(13)2-4-9/h5-6,8-9H,1-4,13H2. The predicted molar refractivity (Wildman–Crippen MR) is 66.8 cm³/mol. The van der Waals surface area contributed by atoms with Crippen molar-refractivity contribution >= 4 is 17.3 Å². The van der Waals surface area contributed by atoms with Crippen LogP contribution in [0.2, 0.25) is 5.02 Å². The Kier molecular flexibility index (Phi) is 3.98. The topological polar surface area (TPSA) is 91.3 Å². The maximum absolute atomic E-state index is 10.9. The molecular weight excluding hydrogens is 258 g/mol. The van der Waals surface area contributed by atoms with Crippen molar-refractivity contribution in [2.75, 3.05) is 0 Å². The third-order valence-corrected chi connectivity index (χ3v) is 3.20. The number of nitro groups is 1. The molecule has 0 aromatic carbocycles. The molecule has 0 bridgehead atoms. The fraction of sp³-hybridized carbons (Fsp3) is 0.545. The molecule has 2 N–H and O–H groups in total. The smallest absolute Gasteiger partial charge is 0.332 e. The zero-order valence-electron chi connectivity index (χ0n) is 9.71. The molecule has 1 heterocycles. The fourth-order valence-electron chi connectivity index (χ4n) is 2.00. The van der Waals surface area contributed by atoms with Gasteiger partial charge < -0.3 is 10.5 Å². The SMILES string of the molecule is NC1CCC(Oc2ncc(Cl)cc2[N+](=O)[O-])CC1. The van der Waals surface area contributed by atoms with E-state index in [1.165, 1.54) is 12.3 Å². The second kappa shape index (κ2) is 5.49. The summed E-state index contributed by atoms with van der Waals surface area (Å²) in [6.07, 6.45) is 4.61. The molecule has 1 saturated carbocycles. The molecule has 0 atom stereocenters. The van der Waals surface area contributed by atoms with Gasteiger partial charge in [-0.25, -0.2) is 4.98 Å². The van der Waals surface area contributed by atoms with E-state index in [1.54, 1.807) is 0 Å². The molecular formula is C11H14ClN3O3. The number of rotatable bonds is 3. The number of halogens is 1. The Morgan fingerprint density at radius 1 is 1.44 bits per heavy atom. The highest BCUT2D eigenvalue weighted by Gasteiger charge is 2.24. The van der Waals surface area contributed by atoms with Crippen molar-refractivity contribution in [2.24, 2.45) is 5.73 Å². The van der Waals surface area contributed by atoms with Crippen molar-refractivity contribution in [3.63, 3.8) is 0 Å². The number of aromatic nitrogens is 1. The van der Waals surface area contributed by atoms with Crippen LogP contribution in [0.3, 0.4) is 0 Å². The summed E-state index contributed by atoms with van der Waals surface area (Å²) in [7, 11) is 0. The minimum atomic E-state index is -0.539. The van der Waals surface area contributed by atoms with Gasteiger partial charge in [0.25, 0.3) is 5.88 Å².